The molecule has 594 valence electrons. The summed E-state index contributed by atoms with van der Waals surface area (Å²) in [7, 11) is 0. The Hall–Kier alpha value is -2.42. The van der Waals surface area contributed by atoms with Crippen molar-refractivity contribution in [1.29, 1.82) is 0 Å². The van der Waals surface area contributed by atoms with Crippen LogP contribution >= 0.6 is 0 Å². The maximum absolute atomic E-state index is 12.4. The molecule has 24 rings (SSSR count). The number of ether oxygens (including phenoxy) is 12. The Kier molecular flexibility index (Phi) is 30.0. The summed E-state index contributed by atoms with van der Waals surface area (Å²) in [6.45, 7) is 10.1. The number of piperidine rings is 2. The SMILES string of the molecule is CC1(C)CC(NC(=O)CCCCCCCCC(=O)NC2CC(C)(C)N(O)C(C)(C)C2)CC(C)(C)N1O.OC[C@H]1O[C@@H]2O[C@H]3[C@H](O)[C@@H](O)[C@@H](O[C@H]4[C@H](O)[C@@H](O)[C@@H](O[C@H]5[C@H](O)[C@@H](O)[C@@H](O[C@H]6[C@H](O)[C@@H](O)[C@@H](O[C@H]7[C@H](O)[C@@H](O)[C@@H](O[C@H]1[C@H](O)[C@H]2O)O[C@@H]7CO)O[C@@H]6CO)O[C@@H]5CO)O[C@@H]4CO)O[C@@H]3CO. The highest BCUT2D eigenvalue weighted by Crippen LogP contribution is 2.41. The number of aliphatic hydroxyl groups excluding tert-OH is 18. The molecule has 24 aliphatic heterocycles. The molecule has 22 N–H and O–H groups in total. The van der Waals surface area contributed by atoms with Gasteiger partial charge in [0.15, 0.2) is 37.7 Å². The van der Waals surface area contributed by atoms with Gasteiger partial charge in [-0.15, -0.1) is 0 Å². The van der Waals surface area contributed by atoms with Crippen molar-refractivity contribution in [1.82, 2.24) is 20.8 Å². The van der Waals surface area contributed by atoms with Crippen molar-refractivity contribution in [2.75, 3.05) is 39.6 Å². The zero-order valence-electron chi connectivity index (χ0n) is 58.8. The lowest BCUT2D eigenvalue weighted by Gasteiger charge is -2.51. The Bertz CT molecular complexity index is 2220. The second-order valence-electron chi connectivity index (χ2n) is 30.7. The van der Waals surface area contributed by atoms with E-state index in [1.807, 2.05) is 55.4 Å². The van der Waals surface area contributed by atoms with Crippen LogP contribution in [0.1, 0.15) is 132 Å². The molecule has 24 saturated heterocycles. The standard InChI is InChI=1S/C36H60O30.C28H54N4O4/c37-1-7-25-13(43)19(49)31(55-7)62-26-8(2-38)57-33(21(51)15(26)45)64-28-10(4-40)59-35(23(53)17(28)47)66-30-12(6-42)60-36(24(54)18(30)48)65-29-11(5-41)58-34(22(52)16(29)46)63-27-9(3-39)56-32(61-25)20(50)14(27)44;1-25(2)17-21(18-26(3,4)31(25)35)29-23(33)15-13-11-9-10-12-14-16-24(34)30-22-19-27(5,6)32(36)28(7,8)20-22/h7-54H,1-6H2;21-22,35-36H,9-20H2,1-8H3,(H,29,33)(H,30,34)/t7-,8-,9-,10-,11-,12-,13-,14-,15-,16-,17-,18-,19-,20-,21-,22-,23-,24-,25-,26-,27-,28-,29-,30-,31-,32-,33-,34-,35-,36-;/m1./s1. The number of nitrogens with one attached hydrogen (secondary N) is 2. The molecule has 38 nitrogen and oxygen atoms in total. The van der Waals surface area contributed by atoms with Crippen LogP contribution in [0.3, 0.4) is 0 Å². The molecule has 12 bridgehead atoms. The van der Waals surface area contributed by atoms with Crippen LogP contribution in [0.5, 0.6) is 0 Å². The fraction of sp³-hybridized carbons (Fsp3) is 0.969. The molecule has 38 heteroatoms. The average Bonchev–Trinajstić information content (AvgIpc) is 0.773. The number of amides is 2. The number of aliphatic hydroxyl groups is 18. The number of nitrogens with zero attached hydrogens (tertiary/aromatic N) is 2. The fourth-order valence-corrected chi connectivity index (χ4v) is 15.6. The van der Waals surface area contributed by atoms with Crippen LogP contribution in [-0.4, -0.2) is 382 Å². The van der Waals surface area contributed by atoms with Crippen LogP contribution in [0.25, 0.3) is 0 Å². The van der Waals surface area contributed by atoms with Crippen LogP contribution in [0, 0.1) is 0 Å². The molecule has 102 heavy (non-hydrogen) atoms. The molecule has 0 unspecified atom stereocenters. The Morgan fingerprint density at radius 1 is 0.294 bits per heavy atom. The van der Waals surface area contributed by atoms with Crippen molar-refractivity contribution in [3.63, 3.8) is 0 Å². The highest BCUT2D eigenvalue weighted by Gasteiger charge is 2.59. The van der Waals surface area contributed by atoms with Crippen LogP contribution < -0.4 is 10.6 Å². The van der Waals surface area contributed by atoms with Gasteiger partial charge in [-0.1, -0.05) is 25.7 Å². The molecule has 0 aromatic rings. The smallest absolute Gasteiger partial charge is 0.220 e. The van der Waals surface area contributed by atoms with Crippen LogP contribution in [0.15, 0.2) is 0 Å². The summed E-state index contributed by atoms with van der Waals surface area (Å²) in [6, 6.07) is 0.177. The minimum Gasteiger partial charge on any atom is -0.394 e. The number of rotatable bonds is 17. The number of hydrogen-bond acceptors (Lipinski definition) is 36. The van der Waals surface area contributed by atoms with Gasteiger partial charge in [-0.2, -0.15) is 10.1 Å². The van der Waals surface area contributed by atoms with E-state index in [4.69, 9.17) is 56.8 Å². The maximum Gasteiger partial charge on any atom is 0.220 e. The second-order valence-corrected chi connectivity index (χ2v) is 30.7. The number of hydrogen-bond donors (Lipinski definition) is 22. The lowest BCUT2D eigenvalue weighted by molar-refractivity contribution is -0.404. The third-order valence-corrected chi connectivity index (χ3v) is 20.7. The minimum atomic E-state index is -2.15. The number of unbranched alkanes of at least 4 members (excludes halogenated alkanes) is 5. The molecule has 0 spiro atoms. The van der Waals surface area contributed by atoms with Crippen molar-refractivity contribution < 1.29 is 169 Å². The predicted molar refractivity (Wildman–Crippen MR) is 339 cm³/mol. The zero-order chi connectivity index (χ0) is 75.4. The second kappa shape index (κ2) is 36.0. The van der Waals surface area contributed by atoms with E-state index in [2.05, 4.69) is 10.6 Å². The first-order valence-electron chi connectivity index (χ1n) is 35.1. The predicted octanol–water partition coefficient (Wildman–Crippen LogP) is -7.89. The van der Waals surface area contributed by atoms with Crippen LogP contribution in [0.4, 0.5) is 0 Å². The molecule has 24 aliphatic rings. The normalized spacial score (nSPS) is 44.4. The van der Waals surface area contributed by atoms with E-state index in [-0.39, 0.29) is 46.1 Å². The Morgan fingerprint density at radius 2 is 0.461 bits per heavy atom. The minimum absolute atomic E-state index is 0.0883. The molecule has 30 atom stereocenters. The first-order valence-corrected chi connectivity index (χ1v) is 35.1. The van der Waals surface area contributed by atoms with Crippen LogP contribution in [-0.2, 0) is 66.4 Å². The van der Waals surface area contributed by atoms with E-state index in [0.29, 0.717) is 12.8 Å². The maximum atomic E-state index is 12.4. The summed E-state index contributed by atoms with van der Waals surface area (Å²) in [5.74, 6) is 0.209. The highest BCUT2D eigenvalue weighted by molar-refractivity contribution is 5.76. The van der Waals surface area contributed by atoms with Gasteiger partial charge in [0.25, 0.3) is 0 Å². The molecule has 0 aromatic heterocycles. The summed E-state index contributed by atoms with van der Waals surface area (Å²) in [5.41, 5.74) is -1.44. The largest absolute Gasteiger partial charge is 0.394 e. The molecular weight excluding hydrogens is 1370 g/mol. The number of hydroxylamine groups is 4. The highest BCUT2D eigenvalue weighted by atomic mass is 16.8. The molecule has 24 fully saturated rings. The first-order chi connectivity index (χ1) is 47.9. The lowest BCUT2D eigenvalue weighted by atomic mass is 9.79. The third kappa shape index (κ3) is 19.4. The van der Waals surface area contributed by atoms with E-state index in [9.17, 15) is 112 Å². The van der Waals surface area contributed by atoms with Crippen molar-refractivity contribution >= 4 is 11.8 Å². The molecular formula is C64H114N4O34. The first kappa shape index (κ1) is 85.2. The Morgan fingerprint density at radius 3 is 0.627 bits per heavy atom. The molecule has 2 amide bonds. The summed E-state index contributed by atoms with van der Waals surface area (Å²) in [4.78, 5) is 24.9. The quantitative estimate of drug-likeness (QED) is 0.0602. The summed E-state index contributed by atoms with van der Waals surface area (Å²) >= 11 is 0. The summed E-state index contributed by atoms with van der Waals surface area (Å²) in [5, 5.41) is 226. The van der Waals surface area contributed by atoms with Crippen molar-refractivity contribution in [2.24, 2.45) is 0 Å². The van der Waals surface area contributed by atoms with Gasteiger partial charge in [0.1, 0.15) is 146 Å². The Balaban J connectivity index is 0.000000310. The van der Waals surface area contributed by atoms with E-state index in [1.165, 1.54) is 10.1 Å². The van der Waals surface area contributed by atoms with Gasteiger partial charge in [0.05, 0.1) is 39.6 Å². The summed E-state index contributed by atoms with van der Waals surface area (Å²) < 4.78 is 67.9. The van der Waals surface area contributed by atoms with Crippen LogP contribution in [0.2, 0.25) is 0 Å². The molecule has 0 radical (unpaired) electrons. The Labute approximate surface area is 590 Å². The van der Waals surface area contributed by atoms with E-state index < -0.39 is 224 Å². The zero-order valence-corrected chi connectivity index (χ0v) is 58.8. The molecule has 0 aromatic carbocycles. The van der Waals surface area contributed by atoms with Gasteiger partial charge < -0.3 is 170 Å². The van der Waals surface area contributed by atoms with Gasteiger partial charge >= 0.3 is 0 Å². The van der Waals surface area contributed by atoms with Crippen molar-refractivity contribution in [2.45, 2.75) is 351 Å². The average molecular weight is 1480 g/mol. The van der Waals surface area contributed by atoms with Gasteiger partial charge in [0, 0.05) is 47.1 Å². The molecule has 24 heterocycles. The van der Waals surface area contributed by atoms with Gasteiger partial charge in [-0.3, -0.25) is 9.59 Å². The van der Waals surface area contributed by atoms with E-state index in [1.54, 1.807) is 0 Å². The third-order valence-electron chi connectivity index (χ3n) is 20.7. The number of carbonyl (C=O) groups is 2. The van der Waals surface area contributed by atoms with Crippen molar-refractivity contribution in [3.8, 4) is 0 Å². The number of carbonyl (C=O) groups excluding carboxylic acids is 2. The lowest BCUT2D eigenvalue weighted by Crippen LogP contribution is -2.69. The summed E-state index contributed by atoms with van der Waals surface area (Å²) in [6.07, 6.45) is -48.5. The molecule has 0 saturated carbocycles. The monoisotopic (exact) mass is 1480 g/mol. The van der Waals surface area contributed by atoms with E-state index >= 15 is 0 Å². The van der Waals surface area contributed by atoms with Gasteiger partial charge in [0.2, 0.25) is 11.8 Å². The van der Waals surface area contributed by atoms with Gasteiger partial charge in [-0.25, -0.2) is 0 Å². The van der Waals surface area contributed by atoms with Crippen molar-refractivity contribution in [3.05, 3.63) is 0 Å². The van der Waals surface area contributed by atoms with E-state index in [0.717, 1.165) is 64.2 Å². The fourth-order valence-electron chi connectivity index (χ4n) is 15.6. The molecule has 0 aliphatic carbocycles. The van der Waals surface area contributed by atoms with Gasteiger partial charge in [-0.05, 0) is 93.9 Å². The topological polar surface area (TPSA) is 580 Å².